The van der Waals surface area contributed by atoms with E-state index in [9.17, 15) is 4.39 Å². The number of nitrogens with one attached hydrogen (secondary N) is 1. The second kappa shape index (κ2) is 5.66. The van der Waals surface area contributed by atoms with Gasteiger partial charge in [0.25, 0.3) is 0 Å². The summed E-state index contributed by atoms with van der Waals surface area (Å²) in [7, 11) is 0. The molecule has 1 aliphatic heterocycles. The SMILES string of the molecule is Fc1ccc(CN2CCNCC2)cc1CS. The van der Waals surface area contributed by atoms with Crippen molar-refractivity contribution < 1.29 is 4.39 Å². The Morgan fingerprint density at radius 2 is 2.06 bits per heavy atom. The van der Waals surface area contributed by atoms with Crippen molar-refractivity contribution in [1.29, 1.82) is 0 Å². The summed E-state index contributed by atoms with van der Waals surface area (Å²) in [5, 5.41) is 3.32. The molecule has 88 valence electrons. The molecule has 1 N–H and O–H groups in total. The van der Waals surface area contributed by atoms with E-state index in [1.807, 2.05) is 12.1 Å². The van der Waals surface area contributed by atoms with Crippen LogP contribution in [0.2, 0.25) is 0 Å². The predicted octanol–water partition coefficient (Wildman–Crippen LogP) is 1.66. The van der Waals surface area contributed by atoms with Gasteiger partial charge in [-0.1, -0.05) is 12.1 Å². The maximum absolute atomic E-state index is 13.3. The van der Waals surface area contributed by atoms with Crippen molar-refractivity contribution in [3.63, 3.8) is 0 Å². The van der Waals surface area contributed by atoms with E-state index in [0.717, 1.165) is 32.7 Å². The minimum atomic E-state index is -0.154. The summed E-state index contributed by atoms with van der Waals surface area (Å²) in [5.41, 5.74) is 1.86. The van der Waals surface area contributed by atoms with Crippen LogP contribution in [0.15, 0.2) is 18.2 Å². The van der Waals surface area contributed by atoms with Crippen LogP contribution in [0.1, 0.15) is 11.1 Å². The minimum absolute atomic E-state index is 0.154. The highest BCUT2D eigenvalue weighted by Gasteiger charge is 2.10. The summed E-state index contributed by atoms with van der Waals surface area (Å²) in [4.78, 5) is 2.38. The van der Waals surface area contributed by atoms with Crippen LogP contribution in [-0.2, 0) is 12.3 Å². The highest BCUT2D eigenvalue weighted by Crippen LogP contribution is 2.14. The molecule has 1 heterocycles. The molecule has 1 fully saturated rings. The maximum Gasteiger partial charge on any atom is 0.127 e. The van der Waals surface area contributed by atoms with Crippen LogP contribution in [0, 0.1) is 5.82 Å². The van der Waals surface area contributed by atoms with E-state index >= 15 is 0 Å². The van der Waals surface area contributed by atoms with E-state index < -0.39 is 0 Å². The average Bonchev–Trinajstić information content (AvgIpc) is 2.33. The van der Waals surface area contributed by atoms with Crippen LogP contribution < -0.4 is 5.32 Å². The van der Waals surface area contributed by atoms with Crippen LogP contribution >= 0.6 is 12.6 Å². The number of nitrogens with zero attached hydrogens (tertiary/aromatic N) is 1. The fraction of sp³-hybridized carbons (Fsp3) is 0.500. The predicted molar refractivity (Wildman–Crippen MR) is 67.2 cm³/mol. The normalized spacial score (nSPS) is 17.6. The zero-order chi connectivity index (χ0) is 11.4. The van der Waals surface area contributed by atoms with Crippen LogP contribution in [0.4, 0.5) is 4.39 Å². The number of hydrogen-bond acceptors (Lipinski definition) is 3. The fourth-order valence-corrected chi connectivity index (χ4v) is 2.22. The van der Waals surface area contributed by atoms with Crippen LogP contribution in [0.25, 0.3) is 0 Å². The van der Waals surface area contributed by atoms with Crippen LogP contribution in [0.3, 0.4) is 0 Å². The molecule has 16 heavy (non-hydrogen) atoms. The monoisotopic (exact) mass is 240 g/mol. The van der Waals surface area contributed by atoms with Crippen molar-refractivity contribution in [1.82, 2.24) is 10.2 Å². The molecule has 1 saturated heterocycles. The van der Waals surface area contributed by atoms with Gasteiger partial charge in [-0.05, 0) is 17.2 Å². The van der Waals surface area contributed by atoms with Gasteiger partial charge in [0.2, 0.25) is 0 Å². The second-order valence-electron chi connectivity index (χ2n) is 4.11. The van der Waals surface area contributed by atoms with E-state index in [1.54, 1.807) is 6.07 Å². The van der Waals surface area contributed by atoms with Gasteiger partial charge >= 0.3 is 0 Å². The van der Waals surface area contributed by atoms with Crippen LogP contribution in [-0.4, -0.2) is 31.1 Å². The maximum atomic E-state index is 13.3. The van der Waals surface area contributed by atoms with E-state index in [2.05, 4.69) is 22.8 Å². The summed E-state index contributed by atoms with van der Waals surface area (Å²) in [6, 6.07) is 5.33. The highest BCUT2D eigenvalue weighted by atomic mass is 32.1. The lowest BCUT2D eigenvalue weighted by molar-refractivity contribution is 0.233. The number of rotatable bonds is 3. The first-order valence-corrected chi connectivity index (χ1v) is 6.24. The van der Waals surface area contributed by atoms with Crippen molar-refractivity contribution in [2.75, 3.05) is 26.2 Å². The molecule has 4 heteroatoms. The van der Waals surface area contributed by atoms with Gasteiger partial charge < -0.3 is 5.32 Å². The van der Waals surface area contributed by atoms with Crippen molar-refractivity contribution in [3.8, 4) is 0 Å². The Hall–Kier alpha value is -0.580. The van der Waals surface area contributed by atoms with Crippen molar-refractivity contribution >= 4 is 12.6 Å². The minimum Gasteiger partial charge on any atom is -0.314 e. The molecule has 0 aliphatic carbocycles. The quantitative estimate of drug-likeness (QED) is 0.781. The zero-order valence-corrected chi connectivity index (χ0v) is 10.1. The Morgan fingerprint density at radius 1 is 1.31 bits per heavy atom. The molecule has 0 bridgehead atoms. The molecule has 0 atom stereocenters. The van der Waals surface area contributed by atoms with Gasteiger partial charge in [-0.15, -0.1) is 0 Å². The Kier molecular flexibility index (Phi) is 4.21. The molecule has 0 unspecified atom stereocenters. The Bertz CT molecular complexity index is 351. The molecule has 0 saturated carbocycles. The van der Waals surface area contributed by atoms with Crippen molar-refractivity contribution in [3.05, 3.63) is 35.1 Å². The lowest BCUT2D eigenvalue weighted by Gasteiger charge is -2.27. The first-order chi connectivity index (χ1) is 7.79. The van der Waals surface area contributed by atoms with E-state index in [-0.39, 0.29) is 5.82 Å². The first kappa shape index (κ1) is 11.9. The zero-order valence-electron chi connectivity index (χ0n) is 9.25. The van der Waals surface area contributed by atoms with Gasteiger partial charge in [0.05, 0.1) is 0 Å². The lowest BCUT2D eigenvalue weighted by Crippen LogP contribution is -2.42. The number of hydrogen-bond donors (Lipinski definition) is 2. The van der Waals surface area contributed by atoms with Gasteiger partial charge in [0, 0.05) is 38.5 Å². The van der Waals surface area contributed by atoms with Crippen molar-refractivity contribution in [2.24, 2.45) is 0 Å². The first-order valence-electron chi connectivity index (χ1n) is 5.61. The van der Waals surface area contributed by atoms with Gasteiger partial charge in [-0.2, -0.15) is 12.6 Å². The number of benzene rings is 1. The largest absolute Gasteiger partial charge is 0.314 e. The summed E-state index contributed by atoms with van der Waals surface area (Å²) in [5.74, 6) is 0.306. The Morgan fingerprint density at radius 3 is 2.75 bits per heavy atom. The third-order valence-corrected chi connectivity index (χ3v) is 3.24. The number of halogens is 1. The van der Waals surface area contributed by atoms with Gasteiger partial charge in [0.15, 0.2) is 0 Å². The fourth-order valence-electron chi connectivity index (χ4n) is 1.98. The van der Waals surface area contributed by atoms with E-state index in [0.29, 0.717) is 11.3 Å². The Labute approximate surface area is 101 Å². The lowest BCUT2D eigenvalue weighted by atomic mass is 10.1. The molecule has 0 amide bonds. The summed E-state index contributed by atoms with van der Waals surface area (Å²) in [6.45, 7) is 5.12. The van der Waals surface area contributed by atoms with E-state index in [1.165, 1.54) is 5.56 Å². The molecule has 1 aromatic rings. The van der Waals surface area contributed by atoms with Crippen LogP contribution in [0.5, 0.6) is 0 Å². The third-order valence-electron chi connectivity index (χ3n) is 2.90. The highest BCUT2D eigenvalue weighted by molar-refractivity contribution is 7.79. The second-order valence-corrected chi connectivity index (χ2v) is 4.43. The van der Waals surface area contributed by atoms with Gasteiger partial charge in [0.1, 0.15) is 5.82 Å². The summed E-state index contributed by atoms with van der Waals surface area (Å²) < 4.78 is 13.3. The summed E-state index contributed by atoms with van der Waals surface area (Å²) >= 11 is 4.13. The molecular formula is C12H17FN2S. The molecule has 2 nitrogen and oxygen atoms in total. The standard InChI is InChI=1S/C12H17FN2S/c13-12-2-1-10(7-11(12)9-16)8-15-5-3-14-4-6-15/h1-2,7,14,16H,3-6,8-9H2. The summed E-state index contributed by atoms with van der Waals surface area (Å²) in [6.07, 6.45) is 0. The van der Waals surface area contributed by atoms with E-state index in [4.69, 9.17) is 0 Å². The van der Waals surface area contributed by atoms with Gasteiger partial charge in [-0.25, -0.2) is 4.39 Å². The van der Waals surface area contributed by atoms with Crippen molar-refractivity contribution in [2.45, 2.75) is 12.3 Å². The number of thiol groups is 1. The molecule has 0 spiro atoms. The molecule has 2 rings (SSSR count). The van der Waals surface area contributed by atoms with Gasteiger partial charge in [-0.3, -0.25) is 4.90 Å². The third kappa shape index (κ3) is 2.97. The molecule has 1 aromatic carbocycles. The molecule has 0 radical (unpaired) electrons. The molecule has 0 aromatic heterocycles. The number of piperazine rings is 1. The molecule has 1 aliphatic rings. The Balaban J connectivity index is 2.03. The topological polar surface area (TPSA) is 15.3 Å². The smallest absolute Gasteiger partial charge is 0.127 e. The average molecular weight is 240 g/mol. The molecular weight excluding hydrogens is 223 g/mol.